The van der Waals surface area contributed by atoms with Crippen molar-refractivity contribution in [3.8, 4) is 11.5 Å². The Hall–Kier alpha value is -2.22. The van der Waals surface area contributed by atoms with Gasteiger partial charge in [0.2, 0.25) is 0 Å². The van der Waals surface area contributed by atoms with E-state index in [1.165, 1.54) is 12.0 Å². The average molecular weight is 413 g/mol. The predicted octanol–water partition coefficient (Wildman–Crippen LogP) is 3.09. The molecule has 136 valence electrons. The Morgan fingerprint density at radius 2 is 2.08 bits per heavy atom. The second kappa shape index (κ2) is 7.77. The number of carbonyl (C=O) groups is 2. The molecule has 1 aliphatic heterocycles. The van der Waals surface area contributed by atoms with E-state index in [1.54, 1.807) is 26.0 Å². The number of hydrogen-bond acceptors (Lipinski definition) is 5. The topological polar surface area (TPSA) is 88.1 Å². The second-order valence-corrected chi connectivity index (χ2v) is 6.25. The van der Waals surface area contributed by atoms with Crippen LogP contribution in [0, 0.1) is 0 Å². The minimum atomic E-state index is -0.709. The minimum Gasteiger partial charge on any atom is -0.503 e. The van der Waals surface area contributed by atoms with Crippen LogP contribution < -0.4 is 10.1 Å². The van der Waals surface area contributed by atoms with Gasteiger partial charge in [-0.2, -0.15) is 0 Å². The Kier molecular flexibility index (Phi) is 5.94. The third kappa shape index (κ3) is 3.58. The summed E-state index contributed by atoms with van der Waals surface area (Å²) < 4.78 is 10.7. The van der Waals surface area contributed by atoms with Crippen LogP contribution in [0.2, 0.25) is 0 Å². The summed E-state index contributed by atoms with van der Waals surface area (Å²) in [6.07, 6.45) is 0. The molecule has 0 saturated carbocycles. The molecular formula is C17H21BrN2O5. The minimum absolute atomic E-state index is 0.0387. The van der Waals surface area contributed by atoms with Crippen molar-refractivity contribution >= 4 is 27.9 Å². The molecule has 2 amide bonds. The van der Waals surface area contributed by atoms with E-state index in [-0.39, 0.29) is 17.5 Å². The number of nitrogens with one attached hydrogen (secondary N) is 1. The number of phenols is 1. The Labute approximate surface area is 154 Å². The van der Waals surface area contributed by atoms with E-state index in [4.69, 9.17) is 9.47 Å². The van der Waals surface area contributed by atoms with E-state index in [0.29, 0.717) is 34.5 Å². The first-order valence-corrected chi connectivity index (χ1v) is 8.67. The maximum absolute atomic E-state index is 12.4. The number of hydrogen-bond donors (Lipinski definition) is 2. The van der Waals surface area contributed by atoms with Crippen LogP contribution in [0.25, 0.3) is 0 Å². The van der Waals surface area contributed by atoms with Gasteiger partial charge in [0.15, 0.2) is 11.5 Å². The molecule has 1 aromatic rings. The first-order chi connectivity index (χ1) is 11.8. The van der Waals surface area contributed by atoms with Crippen LogP contribution in [0.3, 0.4) is 0 Å². The molecule has 1 aliphatic rings. The Morgan fingerprint density at radius 3 is 2.64 bits per heavy atom. The fourth-order valence-electron chi connectivity index (χ4n) is 2.81. The number of benzene rings is 1. The quantitative estimate of drug-likeness (QED) is 0.725. The van der Waals surface area contributed by atoms with Gasteiger partial charge in [0.05, 0.1) is 29.8 Å². The number of carbonyl (C=O) groups excluding carboxylic acids is 2. The van der Waals surface area contributed by atoms with Crippen molar-refractivity contribution in [3.63, 3.8) is 0 Å². The summed E-state index contributed by atoms with van der Waals surface area (Å²) in [5, 5.41) is 12.9. The highest BCUT2D eigenvalue weighted by molar-refractivity contribution is 9.10. The van der Waals surface area contributed by atoms with E-state index in [0.717, 1.165) is 0 Å². The third-order valence-corrected chi connectivity index (χ3v) is 4.61. The molecule has 0 spiro atoms. The summed E-state index contributed by atoms with van der Waals surface area (Å²) in [6.45, 7) is 6.12. The number of ether oxygens (including phenoxy) is 2. The zero-order chi connectivity index (χ0) is 18.7. The molecule has 0 radical (unpaired) electrons. The summed E-state index contributed by atoms with van der Waals surface area (Å²) >= 11 is 3.28. The molecule has 0 saturated heterocycles. The SMILES string of the molecule is CCOc1cc([C@H]2NC(=O)N(CC)C(C)=C2C(=O)OC)cc(Br)c1O. The van der Waals surface area contributed by atoms with Crippen molar-refractivity contribution in [1.82, 2.24) is 10.2 Å². The van der Waals surface area contributed by atoms with Crippen molar-refractivity contribution in [2.24, 2.45) is 0 Å². The van der Waals surface area contributed by atoms with Gasteiger partial charge in [-0.1, -0.05) is 0 Å². The number of halogens is 1. The Morgan fingerprint density at radius 1 is 1.40 bits per heavy atom. The van der Waals surface area contributed by atoms with Gasteiger partial charge in [0, 0.05) is 12.2 Å². The van der Waals surface area contributed by atoms with E-state index in [2.05, 4.69) is 21.2 Å². The molecule has 2 N–H and O–H groups in total. The zero-order valence-electron chi connectivity index (χ0n) is 14.6. The lowest BCUT2D eigenvalue weighted by Gasteiger charge is -2.34. The normalized spacial score (nSPS) is 17.4. The number of nitrogens with zero attached hydrogens (tertiary/aromatic N) is 1. The molecule has 0 bridgehead atoms. The lowest BCUT2D eigenvalue weighted by atomic mass is 9.94. The smallest absolute Gasteiger partial charge is 0.337 e. The molecule has 0 aliphatic carbocycles. The molecule has 0 unspecified atom stereocenters. The third-order valence-electron chi connectivity index (χ3n) is 4.00. The van der Waals surface area contributed by atoms with Crippen molar-refractivity contribution < 1.29 is 24.2 Å². The first-order valence-electron chi connectivity index (χ1n) is 7.87. The van der Waals surface area contributed by atoms with Gasteiger partial charge >= 0.3 is 12.0 Å². The molecule has 1 heterocycles. The number of phenolic OH excluding ortho intramolecular Hbond substituents is 1. The van der Waals surface area contributed by atoms with Gasteiger partial charge in [0.1, 0.15) is 0 Å². The molecule has 25 heavy (non-hydrogen) atoms. The van der Waals surface area contributed by atoms with E-state index >= 15 is 0 Å². The zero-order valence-corrected chi connectivity index (χ0v) is 16.1. The number of aromatic hydroxyl groups is 1. The lowest BCUT2D eigenvalue weighted by Crippen LogP contribution is -2.47. The van der Waals surface area contributed by atoms with Crippen molar-refractivity contribution in [2.75, 3.05) is 20.3 Å². The highest BCUT2D eigenvalue weighted by atomic mass is 79.9. The number of methoxy groups -OCH3 is 1. The van der Waals surface area contributed by atoms with Crippen LogP contribution >= 0.6 is 15.9 Å². The standard InChI is InChI=1S/C17H21BrN2O5/c1-5-20-9(3)13(16(22)24-4)14(19-17(20)23)10-7-11(18)15(21)12(8-10)25-6-2/h7-8,14,21H,5-6H2,1-4H3,(H,19,23)/t14-/m1/s1. The van der Waals surface area contributed by atoms with Crippen LogP contribution in [0.1, 0.15) is 32.4 Å². The van der Waals surface area contributed by atoms with Crippen LogP contribution in [-0.2, 0) is 9.53 Å². The van der Waals surface area contributed by atoms with Crippen LogP contribution in [0.5, 0.6) is 11.5 Å². The van der Waals surface area contributed by atoms with Gasteiger partial charge in [0.25, 0.3) is 0 Å². The summed E-state index contributed by atoms with van der Waals surface area (Å²) in [7, 11) is 1.30. The molecule has 1 aromatic carbocycles. The van der Waals surface area contributed by atoms with Gasteiger partial charge in [-0.3, -0.25) is 4.90 Å². The largest absolute Gasteiger partial charge is 0.503 e. The Bertz CT molecular complexity index is 732. The Balaban J connectivity index is 2.61. The van der Waals surface area contributed by atoms with Crippen LogP contribution in [0.15, 0.2) is 27.9 Å². The monoisotopic (exact) mass is 412 g/mol. The predicted molar refractivity (Wildman–Crippen MR) is 95.3 cm³/mol. The number of amides is 2. The van der Waals surface area contributed by atoms with Gasteiger partial charge in [-0.15, -0.1) is 0 Å². The van der Waals surface area contributed by atoms with E-state index < -0.39 is 12.0 Å². The lowest BCUT2D eigenvalue weighted by molar-refractivity contribution is -0.136. The van der Waals surface area contributed by atoms with Crippen molar-refractivity contribution in [3.05, 3.63) is 33.4 Å². The highest BCUT2D eigenvalue weighted by Crippen LogP contribution is 2.40. The molecular weight excluding hydrogens is 392 g/mol. The number of rotatable bonds is 5. The maximum Gasteiger partial charge on any atom is 0.337 e. The van der Waals surface area contributed by atoms with Gasteiger partial charge in [-0.25, -0.2) is 9.59 Å². The summed E-state index contributed by atoms with van der Waals surface area (Å²) in [5.74, 6) is -0.299. The van der Waals surface area contributed by atoms with Crippen molar-refractivity contribution in [1.29, 1.82) is 0 Å². The summed E-state index contributed by atoms with van der Waals surface area (Å²) in [6, 6.07) is 2.23. The number of allylic oxidation sites excluding steroid dienone is 1. The fourth-order valence-corrected chi connectivity index (χ4v) is 3.27. The number of urea groups is 1. The first kappa shape index (κ1) is 19.1. The molecule has 8 heteroatoms. The summed E-state index contributed by atoms with van der Waals surface area (Å²) in [5.41, 5.74) is 1.46. The van der Waals surface area contributed by atoms with E-state index in [9.17, 15) is 14.7 Å². The van der Waals surface area contributed by atoms with Crippen LogP contribution in [0.4, 0.5) is 4.79 Å². The average Bonchev–Trinajstić information content (AvgIpc) is 2.58. The fraction of sp³-hybridized carbons (Fsp3) is 0.412. The second-order valence-electron chi connectivity index (χ2n) is 5.40. The summed E-state index contributed by atoms with van der Waals surface area (Å²) in [4.78, 5) is 26.2. The van der Waals surface area contributed by atoms with Gasteiger partial charge in [-0.05, 0) is 54.4 Å². The molecule has 0 aromatic heterocycles. The van der Waals surface area contributed by atoms with Gasteiger partial charge < -0.3 is 19.9 Å². The van der Waals surface area contributed by atoms with Crippen molar-refractivity contribution in [2.45, 2.75) is 26.8 Å². The van der Waals surface area contributed by atoms with Crippen LogP contribution in [-0.4, -0.2) is 42.3 Å². The number of esters is 1. The molecule has 7 nitrogen and oxygen atoms in total. The van der Waals surface area contributed by atoms with E-state index in [1.807, 2.05) is 6.92 Å². The highest BCUT2D eigenvalue weighted by Gasteiger charge is 2.36. The maximum atomic E-state index is 12.4. The molecule has 0 fully saturated rings. The molecule has 2 rings (SSSR count). The molecule has 1 atom stereocenters.